The monoisotopic (exact) mass is 810 g/mol. The summed E-state index contributed by atoms with van der Waals surface area (Å²) in [5.74, 6) is 0. The molecule has 0 saturated heterocycles. The van der Waals surface area contributed by atoms with Crippen LogP contribution in [0, 0.1) is 0 Å². The van der Waals surface area contributed by atoms with Crippen LogP contribution in [0.4, 0.5) is 0 Å². The molecule has 0 heterocycles. The number of carbonyl (C=O) groups excluding carboxylic acids is 2. The van der Waals surface area contributed by atoms with Crippen molar-refractivity contribution < 1.29 is 18.6 Å². The Morgan fingerprint density at radius 2 is 0.536 bits per heavy atom. The Labute approximate surface area is 354 Å². The molecule has 0 spiro atoms. The molecule has 0 atom stereocenters. The van der Waals surface area contributed by atoms with Crippen molar-refractivity contribution in [3.63, 3.8) is 0 Å². The maximum absolute atomic E-state index is 13.2. The summed E-state index contributed by atoms with van der Waals surface area (Å²) in [7, 11) is 4.35. The fourth-order valence-corrected chi connectivity index (χ4v) is 9.78. The Kier molecular flexibility index (Phi) is 44.0. The van der Waals surface area contributed by atoms with Crippen molar-refractivity contribution in [1.82, 2.24) is 0 Å². The first-order chi connectivity index (χ1) is 27.3. The van der Waals surface area contributed by atoms with Crippen molar-refractivity contribution in [2.24, 2.45) is 0 Å². The Morgan fingerprint density at radius 1 is 0.339 bits per heavy atom. The zero-order valence-electron chi connectivity index (χ0n) is 39.3. The Bertz CT molecular complexity index is 756. The molecule has 0 aromatic heterocycles. The number of hydrogen-bond donors (Lipinski definition) is 0. The number of quaternary nitrogens is 1. The van der Waals surface area contributed by atoms with Gasteiger partial charge in [-0.25, -0.2) is 0 Å². The smallest absolute Gasteiger partial charge is 0.0654 e. The molecule has 4 nitrogen and oxygen atoms in total. The topological polar surface area (TPSA) is 43.4 Å². The second-order valence-corrected chi connectivity index (χ2v) is 21.0. The number of likely N-dealkylation sites (N-methyl/N-ethyl adjacent to an activating group) is 1. The summed E-state index contributed by atoms with van der Waals surface area (Å²) in [5.41, 5.74) is 0.244. The molecule has 56 heavy (non-hydrogen) atoms. The number of unbranched alkanes of at least 4 members (excludes halogenated alkanes) is 38. The van der Waals surface area contributed by atoms with Crippen molar-refractivity contribution in [2.45, 2.75) is 284 Å². The van der Waals surface area contributed by atoms with Gasteiger partial charge in [-0.1, -0.05) is 142 Å². The average Bonchev–Trinajstić information content (AvgIpc) is 3.17. The van der Waals surface area contributed by atoms with Crippen molar-refractivity contribution >= 4 is 19.2 Å². The molecular weight excluding hydrogens is 706 g/mol. The normalized spacial score (nSPS) is 12.1. The van der Waals surface area contributed by atoms with E-state index in [1.807, 2.05) is 0 Å². The molecule has 0 aliphatic carbocycles. The van der Waals surface area contributed by atoms with Crippen LogP contribution >= 0.6 is 8.15 Å². The van der Waals surface area contributed by atoms with Crippen LogP contribution < -0.4 is 0 Å². The number of rotatable bonds is 48. The minimum atomic E-state index is -2.06. The van der Waals surface area contributed by atoms with E-state index in [2.05, 4.69) is 35.0 Å². The molecule has 0 saturated carbocycles. The SMILES string of the molecule is CCCCCCCCCCCCCCCCCCCCCCC(=O)[PH-](OCC[N+](C)(C)C)C(=O)CCCCCCCCCCCCCCCCCCCCCC. The first kappa shape index (κ1) is 55.7. The molecule has 0 aliphatic rings. The van der Waals surface area contributed by atoms with E-state index in [1.165, 1.54) is 231 Å². The Hall–Kier alpha value is -0.310. The van der Waals surface area contributed by atoms with E-state index in [0.29, 0.717) is 19.4 Å². The van der Waals surface area contributed by atoms with Crippen LogP contribution in [0.3, 0.4) is 0 Å². The molecule has 0 rings (SSSR count). The first-order valence-corrected chi connectivity index (χ1v) is 27.1. The van der Waals surface area contributed by atoms with E-state index < -0.39 is 8.15 Å². The molecule has 0 radical (unpaired) electrons. The quantitative estimate of drug-likeness (QED) is 0.0349. The van der Waals surface area contributed by atoms with Crippen LogP contribution in [0.2, 0.25) is 0 Å². The van der Waals surface area contributed by atoms with Crippen LogP contribution in [0.5, 0.6) is 0 Å². The molecular formula is C51H104NO3P. The van der Waals surface area contributed by atoms with E-state index in [4.69, 9.17) is 4.52 Å². The molecule has 0 amide bonds. The van der Waals surface area contributed by atoms with Crippen LogP contribution in [-0.4, -0.2) is 49.8 Å². The third-order valence-electron chi connectivity index (χ3n) is 12.0. The van der Waals surface area contributed by atoms with Gasteiger partial charge in [0.25, 0.3) is 0 Å². The van der Waals surface area contributed by atoms with E-state index in [9.17, 15) is 9.59 Å². The van der Waals surface area contributed by atoms with E-state index in [0.717, 1.165) is 36.7 Å². The van der Waals surface area contributed by atoms with Gasteiger partial charge in [0.15, 0.2) is 0 Å². The fourth-order valence-electron chi connectivity index (χ4n) is 8.05. The van der Waals surface area contributed by atoms with Gasteiger partial charge in [-0.3, -0.25) is 0 Å². The minimum absolute atomic E-state index is 0.122. The Morgan fingerprint density at radius 3 is 0.732 bits per heavy atom. The second-order valence-electron chi connectivity index (χ2n) is 19.0. The van der Waals surface area contributed by atoms with Crippen LogP contribution in [0.25, 0.3) is 0 Å². The molecule has 0 aromatic rings. The van der Waals surface area contributed by atoms with Gasteiger partial charge in [0.2, 0.25) is 0 Å². The molecule has 0 unspecified atom stereocenters. The van der Waals surface area contributed by atoms with Crippen molar-refractivity contribution in [1.29, 1.82) is 0 Å². The predicted molar refractivity (Wildman–Crippen MR) is 252 cm³/mol. The van der Waals surface area contributed by atoms with Gasteiger partial charge in [0, 0.05) is 0 Å². The van der Waals surface area contributed by atoms with Crippen LogP contribution in [0.1, 0.15) is 284 Å². The van der Waals surface area contributed by atoms with Crippen molar-refractivity contribution in [2.75, 3.05) is 34.3 Å². The van der Waals surface area contributed by atoms with Gasteiger partial charge < -0.3 is 0 Å². The number of nitrogens with zero attached hydrogens (tertiary/aromatic N) is 1. The van der Waals surface area contributed by atoms with Crippen molar-refractivity contribution in [3.05, 3.63) is 0 Å². The molecule has 5 heteroatoms. The van der Waals surface area contributed by atoms with Gasteiger partial charge in [0.05, 0.1) is 0 Å². The zero-order valence-corrected chi connectivity index (χ0v) is 40.3. The molecule has 0 aliphatic heterocycles. The zero-order chi connectivity index (χ0) is 41.1. The summed E-state index contributed by atoms with van der Waals surface area (Å²) >= 11 is 0. The summed E-state index contributed by atoms with van der Waals surface area (Å²) in [6, 6.07) is 0. The molecule has 0 aromatic carbocycles. The van der Waals surface area contributed by atoms with Gasteiger partial charge in [0.1, 0.15) is 0 Å². The first-order valence-electron chi connectivity index (χ1n) is 25.7. The summed E-state index contributed by atoms with van der Waals surface area (Å²) < 4.78 is 6.91. The molecule has 0 bridgehead atoms. The third-order valence-corrected chi connectivity index (χ3v) is 14.0. The maximum atomic E-state index is 13.2. The van der Waals surface area contributed by atoms with Gasteiger partial charge in [-0.05, 0) is 0 Å². The average molecular weight is 810 g/mol. The number of carbonyl (C=O) groups is 2. The summed E-state index contributed by atoms with van der Waals surface area (Å²) in [6.07, 6.45) is 55.4. The molecule has 0 N–H and O–H groups in total. The molecule has 336 valence electrons. The van der Waals surface area contributed by atoms with E-state index >= 15 is 0 Å². The van der Waals surface area contributed by atoms with E-state index in [1.54, 1.807) is 0 Å². The van der Waals surface area contributed by atoms with Gasteiger partial charge >= 0.3 is 213 Å². The summed E-state index contributed by atoms with van der Waals surface area (Å²) in [5, 5.41) is 0. The van der Waals surface area contributed by atoms with Crippen LogP contribution in [-0.2, 0) is 14.1 Å². The summed E-state index contributed by atoms with van der Waals surface area (Å²) in [6.45, 7) is 5.93. The van der Waals surface area contributed by atoms with Gasteiger partial charge in [-0.15, -0.1) is 0 Å². The minimum Gasteiger partial charge on any atom is -0.0654 e. The molecule has 0 fully saturated rings. The fraction of sp³-hybridized carbons (Fsp3) is 0.961. The summed E-state index contributed by atoms with van der Waals surface area (Å²) in [4.78, 5) is 26.5. The standard InChI is InChI=1S/C51H104NO3P/c1-6-8-10-12-14-16-18-20-22-24-26-28-30-32-34-36-38-40-42-44-46-50(53)56(55-49-48-52(3,4)5)51(54)47-45-43-41-39-37-35-33-31-29-27-25-23-21-19-17-15-13-11-9-7-2/h56H,6-49H2,1-5H3. The number of hydrogen-bond acceptors (Lipinski definition) is 3. The van der Waals surface area contributed by atoms with Gasteiger partial charge in [-0.2, -0.15) is 0 Å². The third kappa shape index (κ3) is 43.3. The van der Waals surface area contributed by atoms with Crippen LogP contribution in [0.15, 0.2) is 0 Å². The van der Waals surface area contributed by atoms with Crippen molar-refractivity contribution in [3.8, 4) is 0 Å². The second kappa shape index (κ2) is 44.2. The predicted octanol–water partition coefficient (Wildman–Crippen LogP) is 17.3. The Balaban J connectivity index is 3.86. The van der Waals surface area contributed by atoms with E-state index in [-0.39, 0.29) is 11.0 Å².